The second kappa shape index (κ2) is 13.8. The maximum Gasteiger partial charge on any atom is 0.114 e. The van der Waals surface area contributed by atoms with Gasteiger partial charge in [-0.2, -0.15) is 0 Å². The molecule has 0 radical (unpaired) electrons. The molecule has 1 fully saturated rings. The normalized spacial score (nSPS) is 25.6. The highest BCUT2D eigenvalue weighted by atomic mass is 16.5. The molecule has 0 aromatic heterocycles. The molecule has 0 spiro atoms. The standard InChI is InChI=1S/C19H36O5/c1-2-3-4-5-6-7-8-9-10-11-12-13-23-14-17(21)19-18(22)16(20)15-24-19/h9-10,16-22H,2-8,11-15H2,1H3/b10-9+/t16-,17+,18+,19+/m0/s1. The molecule has 3 N–H and O–H groups in total. The Balaban J connectivity index is 1.89. The van der Waals surface area contributed by atoms with Gasteiger partial charge in [0, 0.05) is 6.61 Å². The lowest BCUT2D eigenvalue weighted by molar-refractivity contribution is -0.0811. The third kappa shape index (κ3) is 9.14. The van der Waals surface area contributed by atoms with E-state index in [1.165, 1.54) is 38.5 Å². The fraction of sp³-hybridized carbons (Fsp3) is 0.895. The van der Waals surface area contributed by atoms with Crippen molar-refractivity contribution in [3.63, 3.8) is 0 Å². The summed E-state index contributed by atoms with van der Waals surface area (Å²) in [7, 11) is 0. The Bertz CT molecular complexity index is 321. The van der Waals surface area contributed by atoms with Gasteiger partial charge in [0.1, 0.15) is 24.4 Å². The molecule has 5 heteroatoms. The number of aliphatic hydroxyl groups excluding tert-OH is 3. The van der Waals surface area contributed by atoms with Crippen LogP contribution in [0, 0.1) is 0 Å². The van der Waals surface area contributed by atoms with Gasteiger partial charge in [-0.1, -0.05) is 51.2 Å². The van der Waals surface area contributed by atoms with Crippen molar-refractivity contribution in [1.82, 2.24) is 0 Å². The van der Waals surface area contributed by atoms with Crippen molar-refractivity contribution in [2.24, 2.45) is 0 Å². The van der Waals surface area contributed by atoms with Crippen LogP contribution in [0.3, 0.4) is 0 Å². The van der Waals surface area contributed by atoms with Gasteiger partial charge in [0.25, 0.3) is 0 Å². The number of unbranched alkanes of at least 4 members (excludes halogenated alkanes) is 7. The number of allylic oxidation sites excluding steroid dienone is 2. The van der Waals surface area contributed by atoms with Gasteiger partial charge in [0.2, 0.25) is 0 Å². The molecule has 0 aliphatic carbocycles. The van der Waals surface area contributed by atoms with Crippen molar-refractivity contribution in [2.75, 3.05) is 19.8 Å². The largest absolute Gasteiger partial charge is 0.388 e. The molecule has 0 unspecified atom stereocenters. The third-order valence-electron chi connectivity index (χ3n) is 4.41. The summed E-state index contributed by atoms with van der Waals surface area (Å²) in [6.07, 6.45) is 11.9. The monoisotopic (exact) mass is 344 g/mol. The molecular formula is C19H36O5. The van der Waals surface area contributed by atoms with Crippen LogP contribution in [0.1, 0.15) is 64.7 Å². The van der Waals surface area contributed by atoms with Crippen LogP contribution in [0.25, 0.3) is 0 Å². The first kappa shape index (κ1) is 21.6. The minimum atomic E-state index is -1.03. The van der Waals surface area contributed by atoms with Crippen LogP contribution >= 0.6 is 0 Å². The first-order chi connectivity index (χ1) is 11.7. The van der Waals surface area contributed by atoms with Crippen LogP contribution < -0.4 is 0 Å². The van der Waals surface area contributed by atoms with Crippen molar-refractivity contribution in [3.05, 3.63) is 12.2 Å². The van der Waals surface area contributed by atoms with E-state index in [2.05, 4.69) is 19.1 Å². The van der Waals surface area contributed by atoms with Crippen molar-refractivity contribution in [2.45, 2.75) is 89.1 Å². The number of hydrogen-bond donors (Lipinski definition) is 3. The zero-order valence-corrected chi connectivity index (χ0v) is 15.1. The molecular weight excluding hydrogens is 308 g/mol. The van der Waals surface area contributed by atoms with Gasteiger partial charge < -0.3 is 24.8 Å². The number of aliphatic hydroxyl groups is 3. The molecule has 1 aliphatic rings. The minimum absolute atomic E-state index is 0.0618. The quantitative estimate of drug-likeness (QED) is 0.333. The molecule has 4 atom stereocenters. The smallest absolute Gasteiger partial charge is 0.114 e. The molecule has 5 nitrogen and oxygen atoms in total. The summed E-state index contributed by atoms with van der Waals surface area (Å²) < 4.78 is 10.6. The molecule has 0 saturated carbocycles. The Kier molecular flexibility index (Phi) is 12.4. The van der Waals surface area contributed by atoms with E-state index in [4.69, 9.17) is 9.47 Å². The van der Waals surface area contributed by atoms with Gasteiger partial charge in [0.15, 0.2) is 0 Å². The zero-order chi connectivity index (χ0) is 17.6. The van der Waals surface area contributed by atoms with E-state index in [9.17, 15) is 15.3 Å². The lowest BCUT2D eigenvalue weighted by Gasteiger charge is -2.20. The van der Waals surface area contributed by atoms with E-state index < -0.39 is 24.4 Å². The molecule has 1 heterocycles. The predicted molar refractivity (Wildman–Crippen MR) is 94.9 cm³/mol. The van der Waals surface area contributed by atoms with Crippen molar-refractivity contribution in [3.8, 4) is 0 Å². The van der Waals surface area contributed by atoms with E-state index in [0.717, 1.165) is 19.3 Å². The van der Waals surface area contributed by atoms with Crippen LogP contribution in [0.5, 0.6) is 0 Å². The molecule has 0 bridgehead atoms. The van der Waals surface area contributed by atoms with Crippen LogP contribution in [0.15, 0.2) is 12.2 Å². The zero-order valence-electron chi connectivity index (χ0n) is 15.1. The third-order valence-corrected chi connectivity index (χ3v) is 4.41. The first-order valence-corrected chi connectivity index (χ1v) is 9.55. The van der Waals surface area contributed by atoms with Gasteiger partial charge >= 0.3 is 0 Å². The summed E-state index contributed by atoms with van der Waals surface area (Å²) in [6.45, 7) is 3.00. The molecule has 0 aromatic carbocycles. The van der Waals surface area contributed by atoms with E-state index in [1.807, 2.05) is 0 Å². The summed E-state index contributed by atoms with van der Waals surface area (Å²) in [5.74, 6) is 0. The van der Waals surface area contributed by atoms with Crippen molar-refractivity contribution < 1.29 is 24.8 Å². The lowest BCUT2D eigenvalue weighted by Crippen LogP contribution is -2.40. The molecule has 142 valence electrons. The van der Waals surface area contributed by atoms with E-state index in [0.29, 0.717) is 6.61 Å². The average Bonchev–Trinajstić information content (AvgIpc) is 2.91. The molecule has 1 saturated heterocycles. The van der Waals surface area contributed by atoms with E-state index in [-0.39, 0.29) is 13.2 Å². The second-order valence-electron chi connectivity index (χ2n) is 6.67. The van der Waals surface area contributed by atoms with Crippen LogP contribution in [-0.4, -0.2) is 59.6 Å². The molecule has 1 rings (SSSR count). The Morgan fingerprint density at radius 1 is 1.04 bits per heavy atom. The topological polar surface area (TPSA) is 79.2 Å². The van der Waals surface area contributed by atoms with Crippen LogP contribution in [-0.2, 0) is 9.47 Å². The van der Waals surface area contributed by atoms with Crippen LogP contribution in [0.2, 0.25) is 0 Å². The van der Waals surface area contributed by atoms with Gasteiger partial charge in [-0.25, -0.2) is 0 Å². The number of rotatable bonds is 14. The summed E-state index contributed by atoms with van der Waals surface area (Å²) in [4.78, 5) is 0. The molecule has 0 aromatic rings. The fourth-order valence-electron chi connectivity index (χ4n) is 2.84. The predicted octanol–water partition coefficient (Wildman–Crippen LogP) is 2.57. The summed E-state index contributed by atoms with van der Waals surface area (Å²) >= 11 is 0. The van der Waals surface area contributed by atoms with Crippen molar-refractivity contribution in [1.29, 1.82) is 0 Å². The summed E-state index contributed by atoms with van der Waals surface area (Å²) in [5, 5.41) is 28.9. The Hall–Kier alpha value is -0.460. The average molecular weight is 344 g/mol. The Labute approximate surface area is 146 Å². The number of ether oxygens (including phenoxy) is 2. The molecule has 1 aliphatic heterocycles. The van der Waals surface area contributed by atoms with E-state index in [1.54, 1.807) is 0 Å². The number of hydrogen-bond acceptors (Lipinski definition) is 5. The Morgan fingerprint density at radius 3 is 2.38 bits per heavy atom. The van der Waals surface area contributed by atoms with Gasteiger partial charge in [-0.15, -0.1) is 0 Å². The van der Waals surface area contributed by atoms with Crippen LogP contribution in [0.4, 0.5) is 0 Å². The Morgan fingerprint density at radius 2 is 1.71 bits per heavy atom. The maximum atomic E-state index is 9.88. The second-order valence-corrected chi connectivity index (χ2v) is 6.67. The highest BCUT2D eigenvalue weighted by Gasteiger charge is 2.39. The molecule has 24 heavy (non-hydrogen) atoms. The minimum Gasteiger partial charge on any atom is -0.388 e. The van der Waals surface area contributed by atoms with Crippen molar-refractivity contribution >= 4 is 0 Å². The lowest BCUT2D eigenvalue weighted by atomic mass is 10.1. The SMILES string of the molecule is CCCCCCCC/C=C/CCCOC[C@@H](O)[C@H]1OC[C@H](O)[C@H]1O. The summed E-state index contributed by atoms with van der Waals surface area (Å²) in [5.41, 5.74) is 0. The van der Waals surface area contributed by atoms with Gasteiger partial charge in [-0.3, -0.25) is 0 Å². The fourth-order valence-corrected chi connectivity index (χ4v) is 2.84. The maximum absolute atomic E-state index is 9.88. The van der Waals surface area contributed by atoms with Gasteiger partial charge in [0.05, 0.1) is 13.2 Å². The molecule has 0 amide bonds. The highest BCUT2D eigenvalue weighted by Crippen LogP contribution is 2.17. The first-order valence-electron chi connectivity index (χ1n) is 9.55. The highest BCUT2D eigenvalue weighted by molar-refractivity contribution is 4.87. The van der Waals surface area contributed by atoms with Gasteiger partial charge in [-0.05, 0) is 25.7 Å². The van der Waals surface area contributed by atoms with E-state index >= 15 is 0 Å². The summed E-state index contributed by atoms with van der Waals surface area (Å²) in [6, 6.07) is 0.